The Kier molecular flexibility index (Phi) is 6.64. The summed E-state index contributed by atoms with van der Waals surface area (Å²) in [6.45, 7) is 9.44. The van der Waals surface area contributed by atoms with E-state index in [0.717, 1.165) is 32.5 Å². The zero-order valence-electron chi connectivity index (χ0n) is 15.0. The first-order valence-electron chi connectivity index (χ1n) is 8.86. The Hall–Kier alpha value is -2.04. The molecule has 1 heterocycles. The molecule has 1 aliphatic heterocycles. The predicted octanol–water partition coefficient (Wildman–Crippen LogP) is 2.20. The molecule has 0 unspecified atom stereocenters. The van der Waals surface area contributed by atoms with Gasteiger partial charge in [-0.25, -0.2) is 0 Å². The summed E-state index contributed by atoms with van der Waals surface area (Å²) in [6, 6.07) is 8.31. The summed E-state index contributed by atoms with van der Waals surface area (Å²) in [7, 11) is 0. The van der Waals surface area contributed by atoms with E-state index in [0.29, 0.717) is 13.1 Å². The topological polar surface area (TPSA) is 52.7 Å². The van der Waals surface area contributed by atoms with Crippen LogP contribution in [-0.4, -0.2) is 49.4 Å². The predicted molar refractivity (Wildman–Crippen MR) is 97.1 cm³/mol. The molecule has 5 nitrogen and oxygen atoms in total. The quantitative estimate of drug-likeness (QED) is 0.869. The average molecular weight is 331 g/mol. The number of carbonyl (C=O) groups excluding carboxylic acids is 2. The lowest BCUT2D eigenvalue weighted by Gasteiger charge is -2.31. The molecular formula is C19H29N3O2. The first-order valence-corrected chi connectivity index (χ1v) is 8.86. The first-order chi connectivity index (χ1) is 11.5. The fourth-order valence-corrected chi connectivity index (χ4v) is 3.30. The summed E-state index contributed by atoms with van der Waals surface area (Å²) in [5.74, 6) is 0.0576. The number of hydrogen-bond donors (Lipinski definition) is 1. The molecule has 0 radical (unpaired) electrons. The number of piperidine rings is 1. The Morgan fingerprint density at radius 3 is 2.75 bits per heavy atom. The number of hydrogen-bond acceptors (Lipinski definition) is 3. The van der Waals surface area contributed by atoms with Crippen molar-refractivity contribution in [2.75, 3.05) is 37.6 Å². The van der Waals surface area contributed by atoms with Gasteiger partial charge in [0.2, 0.25) is 11.8 Å². The van der Waals surface area contributed by atoms with E-state index in [1.54, 1.807) is 11.8 Å². The molecular weight excluding hydrogens is 302 g/mol. The lowest BCUT2D eigenvalue weighted by molar-refractivity contribution is -0.133. The van der Waals surface area contributed by atoms with E-state index >= 15 is 0 Å². The fraction of sp³-hybridized carbons (Fsp3) is 0.579. The van der Waals surface area contributed by atoms with Gasteiger partial charge in [-0.2, -0.15) is 0 Å². The third kappa shape index (κ3) is 4.73. The number of likely N-dealkylation sites (N-methyl/N-ethyl adjacent to an activating group) is 1. The monoisotopic (exact) mass is 331 g/mol. The van der Waals surface area contributed by atoms with Crippen LogP contribution in [0.25, 0.3) is 0 Å². The van der Waals surface area contributed by atoms with Crippen molar-refractivity contribution < 1.29 is 9.59 Å². The molecule has 2 amide bonds. The van der Waals surface area contributed by atoms with Crippen LogP contribution in [0.1, 0.15) is 32.3 Å². The second-order valence-corrected chi connectivity index (χ2v) is 6.46. The summed E-state index contributed by atoms with van der Waals surface area (Å²) in [5.41, 5.74) is 2.46. The van der Waals surface area contributed by atoms with Crippen molar-refractivity contribution in [2.45, 2.75) is 33.6 Å². The number of likely N-dealkylation sites (tertiary alicyclic amines) is 1. The van der Waals surface area contributed by atoms with Gasteiger partial charge in [0.1, 0.15) is 0 Å². The Morgan fingerprint density at radius 2 is 2.08 bits per heavy atom. The van der Waals surface area contributed by atoms with Gasteiger partial charge in [-0.05, 0) is 38.3 Å². The number of carbonyl (C=O) groups is 2. The highest BCUT2D eigenvalue weighted by Crippen LogP contribution is 2.19. The fourth-order valence-electron chi connectivity index (χ4n) is 3.30. The highest BCUT2D eigenvalue weighted by Gasteiger charge is 2.26. The van der Waals surface area contributed by atoms with Gasteiger partial charge in [0.25, 0.3) is 0 Å². The molecule has 0 saturated carbocycles. The molecule has 24 heavy (non-hydrogen) atoms. The average Bonchev–Trinajstić information content (AvgIpc) is 2.59. The van der Waals surface area contributed by atoms with Gasteiger partial charge in [0.15, 0.2) is 0 Å². The molecule has 0 bridgehead atoms. The number of anilines is 1. The number of aryl methyl sites for hydroxylation is 1. The largest absolute Gasteiger partial charge is 0.370 e. The van der Waals surface area contributed by atoms with Gasteiger partial charge in [-0.1, -0.05) is 18.2 Å². The van der Waals surface area contributed by atoms with Gasteiger partial charge >= 0.3 is 0 Å². The SMILES string of the molecule is CCN(CCNC(=O)[C@H]1CCCN(C(C)=O)C1)c1ccccc1C. The summed E-state index contributed by atoms with van der Waals surface area (Å²) in [6.07, 6.45) is 1.77. The van der Waals surface area contributed by atoms with Crippen LogP contribution in [0.2, 0.25) is 0 Å². The van der Waals surface area contributed by atoms with Crippen molar-refractivity contribution in [3.05, 3.63) is 29.8 Å². The molecule has 1 saturated heterocycles. The Labute approximate surface area is 145 Å². The van der Waals surface area contributed by atoms with Crippen LogP contribution in [0.4, 0.5) is 5.69 Å². The minimum atomic E-state index is -0.0730. The van der Waals surface area contributed by atoms with Crippen LogP contribution in [0.5, 0.6) is 0 Å². The molecule has 1 aliphatic rings. The standard InChI is InChI=1S/C19H29N3O2/c1-4-21(18-10-6-5-8-15(18)2)13-11-20-19(24)17-9-7-12-22(14-17)16(3)23/h5-6,8,10,17H,4,7,9,11-14H2,1-3H3,(H,20,24)/t17-/m0/s1. The highest BCUT2D eigenvalue weighted by molar-refractivity contribution is 5.80. The molecule has 0 aromatic heterocycles. The zero-order valence-corrected chi connectivity index (χ0v) is 15.0. The van der Waals surface area contributed by atoms with Crippen LogP contribution in [0.3, 0.4) is 0 Å². The molecule has 132 valence electrons. The van der Waals surface area contributed by atoms with Crippen LogP contribution in [0, 0.1) is 12.8 Å². The van der Waals surface area contributed by atoms with Crippen molar-refractivity contribution in [1.82, 2.24) is 10.2 Å². The maximum atomic E-state index is 12.4. The number of nitrogens with one attached hydrogen (secondary N) is 1. The molecule has 1 fully saturated rings. The third-order valence-corrected chi connectivity index (χ3v) is 4.76. The van der Waals surface area contributed by atoms with Gasteiger partial charge in [0, 0.05) is 45.3 Å². The number of nitrogens with zero attached hydrogens (tertiary/aromatic N) is 2. The van der Waals surface area contributed by atoms with Gasteiger partial charge in [-0.3, -0.25) is 9.59 Å². The molecule has 0 spiro atoms. The first kappa shape index (κ1) is 18.3. The van der Waals surface area contributed by atoms with Crippen LogP contribution in [0.15, 0.2) is 24.3 Å². The summed E-state index contributed by atoms with van der Waals surface area (Å²) in [5, 5.41) is 3.05. The summed E-state index contributed by atoms with van der Waals surface area (Å²) in [4.78, 5) is 27.9. The van der Waals surface area contributed by atoms with Gasteiger partial charge in [0.05, 0.1) is 5.92 Å². The molecule has 1 aromatic rings. The molecule has 1 atom stereocenters. The van der Waals surface area contributed by atoms with Crippen LogP contribution >= 0.6 is 0 Å². The van der Waals surface area contributed by atoms with Crippen molar-refractivity contribution in [1.29, 1.82) is 0 Å². The number of benzene rings is 1. The van der Waals surface area contributed by atoms with Crippen molar-refractivity contribution >= 4 is 17.5 Å². The molecule has 5 heteroatoms. The molecule has 1 aromatic carbocycles. The number of amides is 2. The van der Waals surface area contributed by atoms with Crippen LogP contribution < -0.4 is 10.2 Å². The summed E-state index contributed by atoms with van der Waals surface area (Å²) < 4.78 is 0. The van der Waals surface area contributed by atoms with Gasteiger partial charge in [-0.15, -0.1) is 0 Å². The molecule has 0 aliphatic carbocycles. The van der Waals surface area contributed by atoms with E-state index in [1.165, 1.54) is 11.3 Å². The van der Waals surface area contributed by atoms with E-state index in [-0.39, 0.29) is 17.7 Å². The van der Waals surface area contributed by atoms with Crippen molar-refractivity contribution in [3.8, 4) is 0 Å². The zero-order chi connectivity index (χ0) is 17.5. The molecule has 1 N–H and O–H groups in total. The number of rotatable bonds is 6. The Balaban J connectivity index is 1.83. The maximum absolute atomic E-state index is 12.4. The van der Waals surface area contributed by atoms with E-state index < -0.39 is 0 Å². The Morgan fingerprint density at radius 1 is 1.33 bits per heavy atom. The Bertz CT molecular complexity index is 573. The third-order valence-electron chi connectivity index (χ3n) is 4.76. The van der Waals surface area contributed by atoms with E-state index in [2.05, 4.69) is 36.2 Å². The normalized spacial score (nSPS) is 17.5. The number of para-hydroxylation sites is 1. The van der Waals surface area contributed by atoms with Crippen molar-refractivity contribution in [2.24, 2.45) is 5.92 Å². The second-order valence-electron chi connectivity index (χ2n) is 6.46. The lowest BCUT2D eigenvalue weighted by atomic mass is 9.97. The maximum Gasteiger partial charge on any atom is 0.224 e. The minimum Gasteiger partial charge on any atom is -0.370 e. The summed E-state index contributed by atoms with van der Waals surface area (Å²) >= 11 is 0. The van der Waals surface area contributed by atoms with Crippen LogP contribution in [-0.2, 0) is 9.59 Å². The molecule has 2 rings (SSSR count). The smallest absolute Gasteiger partial charge is 0.224 e. The van der Waals surface area contributed by atoms with E-state index in [9.17, 15) is 9.59 Å². The minimum absolute atomic E-state index is 0.0595. The van der Waals surface area contributed by atoms with Gasteiger partial charge < -0.3 is 15.1 Å². The van der Waals surface area contributed by atoms with Crippen molar-refractivity contribution in [3.63, 3.8) is 0 Å². The highest BCUT2D eigenvalue weighted by atomic mass is 16.2. The second kappa shape index (κ2) is 8.71. The lowest BCUT2D eigenvalue weighted by Crippen LogP contribution is -2.46. The van der Waals surface area contributed by atoms with E-state index in [4.69, 9.17) is 0 Å². The van der Waals surface area contributed by atoms with E-state index in [1.807, 2.05) is 12.1 Å².